The van der Waals surface area contributed by atoms with Gasteiger partial charge in [-0.05, 0) is 68.4 Å². The fraction of sp³-hybridized carbons (Fsp3) is 0.364. The van der Waals surface area contributed by atoms with E-state index in [0.717, 1.165) is 10.5 Å². The zero-order valence-corrected chi connectivity index (χ0v) is 20.1. The smallest absolute Gasteiger partial charge is 0.269 e. The number of hydrogen-bond donors (Lipinski definition) is 2. The summed E-state index contributed by atoms with van der Waals surface area (Å²) in [6.45, 7) is 6.28. The molecular weight excluding hydrogens is 448 g/mol. The standard InChI is InChI=1S/C22H28N4O4S2/c1-16-4-7-19(14-17(16)2)31-15-21(27)23-24-22(28)18-5-8-20(9-6-18)32(29,30)26-12-10-25(3)11-13-26/h4-9,14H,10-13,15H2,1-3H3,(H,23,27)(H,24,28). The Kier molecular flexibility index (Phi) is 7.94. The molecule has 0 atom stereocenters. The number of nitrogens with one attached hydrogen (secondary N) is 2. The van der Waals surface area contributed by atoms with Gasteiger partial charge in [-0.15, -0.1) is 11.8 Å². The Morgan fingerprint density at radius 1 is 0.938 bits per heavy atom. The Hall–Kier alpha value is -2.40. The first-order chi connectivity index (χ1) is 15.2. The molecule has 32 heavy (non-hydrogen) atoms. The topological polar surface area (TPSA) is 98.8 Å². The Balaban J connectivity index is 1.51. The van der Waals surface area contributed by atoms with Gasteiger partial charge in [-0.1, -0.05) is 6.07 Å². The number of benzene rings is 2. The second-order valence-corrected chi connectivity index (χ2v) is 10.8. The normalized spacial score (nSPS) is 15.3. The number of nitrogens with zero attached hydrogens (tertiary/aromatic N) is 2. The summed E-state index contributed by atoms with van der Waals surface area (Å²) >= 11 is 1.38. The van der Waals surface area contributed by atoms with Crippen molar-refractivity contribution in [1.82, 2.24) is 20.1 Å². The summed E-state index contributed by atoms with van der Waals surface area (Å²) in [5, 5.41) is 0. The molecule has 2 amide bonds. The van der Waals surface area contributed by atoms with Gasteiger partial charge in [0, 0.05) is 36.6 Å². The van der Waals surface area contributed by atoms with Gasteiger partial charge in [0.2, 0.25) is 15.9 Å². The van der Waals surface area contributed by atoms with Gasteiger partial charge < -0.3 is 4.90 Å². The summed E-state index contributed by atoms with van der Waals surface area (Å²) in [6, 6.07) is 11.7. The molecule has 2 aromatic carbocycles. The van der Waals surface area contributed by atoms with Crippen molar-refractivity contribution >= 4 is 33.6 Å². The number of likely N-dealkylation sites (N-methyl/N-ethyl adjacent to an activating group) is 1. The number of thioether (sulfide) groups is 1. The van der Waals surface area contributed by atoms with Crippen LogP contribution in [0.2, 0.25) is 0 Å². The van der Waals surface area contributed by atoms with Gasteiger partial charge in [0.05, 0.1) is 10.6 Å². The molecule has 0 unspecified atom stereocenters. The lowest BCUT2D eigenvalue weighted by Crippen LogP contribution is -2.47. The molecule has 1 heterocycles. The van der Waals surface area contributed by atoms with Crippen molar-refractivity contribution in [2.45, 2.75) is 23.6 Å². The molecule has 0 bridgehead atoms. The number of sulfonamides is 1. The molecule has 172 valence electrons. The van der Waals surface area contributed by atoms with Crippen LogP contribution in [0.3, 0.4) is 0 Å². The Bertz CT molecular complexity index is 1080. The van der Waals surface area contributed by atoms with Crippen molar-refractivity contribution in [3.8, 4) is 0 Å². The van der Waals surface area contributed by atoms with E-state index in [9.17, 15) is 18.0 Å². The molecule has 2 N–H and O–H groups in total. The fourth-order valence-corrected chi connectivity index (χ4v) is 5.36. The summed E-state index contributed by atoms with van der Waals surface area (Å²) in [5.74, 6) is -0.695. The number of amides is 2. The van der Waals surface area contributed by atoms with E-state index in [4.69, 9.17) is 0 Å². The summed E-state index contributed by atoms with van der Waals surface area (Å²) in [4.78, 5) is 27.6. The predicted molar refractivity (Wildman–Crippen MR) is 125 cm³/mol. The quantitative estimate of drug-likeness (QED) is 0.487. The fourth-order valence-electron chi connectivity index (χ4n) is 3.14. The molecule has 0 aliphatic carbocycles. The van der Waals surface area contributed by atoms with E-state index >= 15 is 0 Å². The molecule has 10 heteroatoms. The number of carbonyl (C=O) groups excluding carboxylic acids is 2. The van der Waals surface area contributed by atoms with E-state index < -0.39 is 15.9 Å². The van der Waals surface area contributed by atoms with Gasteiger partial charge >= 0.3 is 0 Å². The van der Waals surface area contributed by atoms with Crippen LogP contribution in [0, 0.1) is 13.8 Å². The molecule has 2 aromatic rings. The summed E-state index contributed by atoms with van der Waals surface area (Å²) in [5.41, 5.74) is 7.35. The molecular formula is C22H28N4O4S2. The number of aryl methyl sites for hydroxylation is 2. The van der Waals surface area contributed by atoms with Crippen LogP contribution in [0.4, 0.5) is 0 Å². The molecule has 0 spiro atoms. The predicted octanol–water partition coefficient (Wildman–Crippen LogP) is 1.79. The largest absolute Gasteiger partial charge is 0.304 e. The van der Waals surface area contributed by atoms with Crippen LogP contribution in [0.15, 0.2) is 52.3 Å². The lowest BCUT2D eigenvalue weighted by atomic mass is 10.1. The molecule has 1 aliphatic rings. The highest BCUT2D eigenvalue weighted by atomic mass is 32.2. The SMILES string of the molecule is Cc1ccc(SCC(=O)NNC(=O)c2ccc(S(=O)(=O)N3CCN(C)CC3)cc2)cc1C. The number of rotatable bonds is 6. The van der Waals surface area contributed by atoms with Gasteiger partial charge in [0.25, 0.3) is 5.91 Å². The van der Waals surface area contributed by atoms with Crippen LogP contribution >= 0.6 is 11.8 Å². The second kappa shape index (κ2) is 10.5. The van der Waals surface area contributed by atoms with E-state index in [1.54, 1.807) is 0 Å². The van der Waals surface area contributed by atoms with Crippen molar-refractivity contribution < 1.29 is 18.0 Å². The third-order valence-corrected chi connectivity index (χ3v) is 8.29. The lowest BCUT2D eigenvalue weighted by molar-refractivity contribution is -0.119. The monoisotopic (exact) mass is 476 g/mol. The van der Waals surface area contributed by atoms with E-state index in [1.807, 2.05) is 39.1 Å². The highest BCUT2D eigenvalue weighted by molar-refractivity contribution is 8.00. The highest BCUT2D eigenvalue weighted by Gasteiger charge is 2.27. The number of hydrazine groups is 1. The zero-order chi connectivity index (χ0) is 23.3. The van der Waals surface area contributed by atoms with Crippen molar-refractivity contribution in [2.24, 2.45) is 0 Å². The Morgan fingerprint density at radius 3 is 2.22 bits per heavy atom. The molecule has 3 rings (SSSR count). The zero-order valence-electron chi connectivity index (χ0n) is 18.4. The number of piperazine rings is 1. The van der Waals surface area contributed by atoms with Crippen molar-refractivity contribution in [3.63, 3.8) is 0 Å². The number of hydrogen-bond acceptors (Lipinski definition) is 6. The van der Waals surface area contributed by atoms with Gasteiger partial charge in [0.15, 0.2) is 0 Å². The van der Waals surface area contributed by atoms with Gasteiger partial charge in [0.1, 0.15) is 0 Å². The van der Waals surface area contributed by atoms with Crippen LogP contribution in [0.1, 0.15) is 21.5 Å². The van der Waals surface area contributed by atoms with E-state index in [1.165, 1.54) is 45.9 Å². The molecule has 1 fully saturated rings. The van der Waals surface area contributed by atoms with Crippen molar-refractivity contribution in [2.75, 3.05) is 39.0 Å². The van der Waals surface area contributed by atoms with Gasteiger partial charge in [-0.2, -0.15) is 4.31 Å². The summed E-state index contributed by atoms with van der Waals surface area (Å²) in [6.07, 6.45) is 0. The third kappa shape index (κ3) is 6.10. The summed E-state index contributed by atoms with van der Waals surface area (Å²) in [7, 11) is -1.63. The van der Waals surface area contributed by atoms with E-state index in [-0.39, 0.29) is 22.1 Å². The number of carbonyl (C=O) groups is 2. The molecule has 0 saturated carbocycles. The third-order valence-electron chi connectivity index (χ3n) is 5.38. The van der Waals surface area contributed by atoms with Crippen LogP contribution in [-0.4, -0.2) is 68.4 Å². The second-order valence-electron chi connectivity index (χ2n) is 7.77. The molecule has 1 aliphatic heterocycles. The van der Waals surface area contributed by atoms with Crippen LogP contribution in [0.5, 0.6) is 0 Å². The van der Waals surface area contributed by atoms with Crippen LogP contribution in [-0.2, 0) is 14.8 Å². The molecule has 0 aromatic heterocycles. The summed E-state index contributed by atoms with van der Waals surface area (Å²) < 4.78 is 27.0. The minimum atomic E-state index is -3.59. The Morgan fingerprint density at radius 2 is 1.59 bits per heavy atom. The van der Waals surface area contributed by atoms with E-state index in [2.05, 4.69) is 15.8 Å². The maximum Gasteiger partial charge on any atom is 0.269 e. The Labute approximate surface area is 193 Å². The first kappa shape index (κ1) is 24.2. The highest BCUT2D eigenvalue weighted by Crippen LogP contribution is 2.21. The van der Waals surface area contributed by atoms with Gasteiger partial charge in [-0.25, -0.2) is 8.42 Å². The average Bonchev–Trinajstić information content (AvgIpc) is 2.78. The van der Waals surface area contributed by atoms with Crippen molar-refractivity contribution in [3.05, 3.63) is 59.2 Å². The van der Waals surface area contributed by atoms with Crippen LogP contribution < -0.4 is 10.9 Å². The molecule has 1 saturated heterocycles. The molecule has 0 radical (unpaired) electrons. The minimum absolute atomic E-state index is 0.146. The first-order valence-corrected chi connectivity index (χ1v) is 12.7. The van der Waals surface area contributed by atoms with Crippen molar-refractivity contribution in [1.29, 1.82) is 0 Å². The van der Waals surface area contributed by atoms with Crippen LogP contribution in [0.25, 0.3) is 0 Å². The average molecular weight is 477 g/mol. The molecule has 8 nitrogen and oxygen atoms in total. The van der Waals surface area contributed by atoms with E-state index in [0.29, 0.717) is 26.2 Å². The lowest BCUT2D eigenvalue weighted by Gasteiger charge is -2.31. The maximum absolute atomic E-state index is 12.8. The minimum Gasteiger partial charge on any atom is -0.304 e. The maximum atomic E-state index is 12.8. The van der Waals surface area contributed by atoms with Gasteiger partial charge in [-0.3, -0.25) is 20.4 Å². The first-order valence-electron chi connectivity index (χ1n) is 10.2.